The Morgan fingerprint density at radius 3 is 2.17 bits per heavy atom. The van der Waals surface area contributed by atoms with E-state index in [9.17, 15) is 14.4 Å². The van der Waals surface area contributed by atoms with Crippen molar-refractivity contribution in [3.05, 3.63) is 71.3 Å². The predicted octanol–water partition coefficient (Wildman–Crippen LogP) is 3.51. The lowest BCUT2D eigenvalue weighted by atomic mass is 9.74. The maximum atomic E-state index is 12.6. The quantitative estimate of drug-likeness (QED) is 0.644. The summed E-state index contributed by atoms with van der Waals surface area (Å²) in [5, 5.41) is 0. The van der Waals surface area contributed by atoms with Crippen LogP contribution in [0.1, 0.15) is 40.2 Å². The molecule has 0 saturated heterocycles. The molecule has 0 heterocycles. The van der Waals surface area contributed by atoms with E-state index in [1.54, 1.807) is 18.2 Å². The van der Waals surface area contributed by atoms with Gasteiger partial charge in [0.05, 0.1) is 0 Å². The summed E-state index contributed by atoms with van der Waals surface area (Å²) >= 11 is 0. The number of hydrogen-bond donors (Lipinski definition) is 0. The molecule has 0 radical (unpaired) electrons. The molecule has 1 saturated carbocycles. The highest BCUT2D eigenvalue weighted by Gasteiger charge is 2.40. The molecule has 0 N–H and O–H groups in total. The molecule has 116 valence electrons. The highest BCUT2D eigenvalue weighted by atomic mass is 16.2. The van der Waals surface area contributed by atoms with E-state index < -0.39 is 5.92 Å². The van der Waals surface area contributed by atoms with Crippen molar-refractivity contribution < 1.29 is 14.4 Å². The van der Waals surface area contributed by atoms with E-state index in [-0.39, 0.29) is 36.1 Å². The Balaban J connectivity index is 1.82. The molecule has 0 atom stereocenters. The van der Waals surface area contributed by atoms with E-state index in [0.29, 0.717) is 5.56 Å². The molecule has 2 aromatic carbocycles. The lowest BCUT2D eigenvalue weighted by molar-refractivity contribution is -0.133. The van der Waals surface area contributed by atoms with Crippen LogP contribution in [0.3, 0.4) is 0 Å². The molecule has 1 aliphatic carbocycles. The lowest BCUT2D eigenvalue weighted by Crippen LogP contribution is -2.38. The Labute approximate surface area is 135 Å². The first kappa shape index (κ1) is 15.3. The third kappa shape index (κ3) is 3.14. The van der Waals surface area contributed by atoms with Gasteiger partial charge in [0, 0.05) is 18.4 Å². The van der Waals surface area contributed by atoms with Crippen molar-refractivity contribution in [1.82, 2.24) is 0 Å². The lowest BCUT2D eigenvalue weighted by Gasteiger charge is -2.26. The molecular weight excluding hydrogens is 288 g/mol. The molecule has 0 unspecified atom stereocenters. The average molecular weight is 306 g/mol. The zero-order chi connectivity index (χ0) is 16.4. The van der Waals surface area contributed by atoms with Gasteiger partial charge >= 0.3 is 0 Å². The summed E-state index contributed by atoms with van der Waals surface area (Å²) in [4.78, 5) is 37.5. The van der Waals surface area contributed by atoms with Gasteiger partial charge < -0.3 is 0 Å². The number of hydrogen-bond acceptors (Lipinski definition) is 3. The van der Waals surface area contributed by atoms with Crippen molar-refractivity contribution in [2.24, 2.45) is 5.92 Å². The molecule has 1 aliphatic rings. The minimum atomic E-state index is -1.13. The third-order valence-corrected chi connectivity index (χ3v) is 4.37. The first-order valence-corrected chi connectivity index (χ1v) is 7.77. The maximum Gasteiger partial charge on any atom is 0.180 e. The molecule has 3 nitrogen and oxygen atoms in total. The smallest absolute Gasteiger partial charge is 0.180 e. The third-order valence-electron chi connectivity index (χ3n) is 4.37. The van der Waals surface area contributed by atoms with E-state index in [2.05, 4.69) is 0 Å². The van der Waals surface area contributed by atoms with Crippen LogP contribution < -0.4 is 0 Å². The molecule has 0 aromatic heterocycles. The molecule has 0 bridgehead atoms. The first-order chi connectivity index (χ1) is 11.1. The molecule has 2 aromatic rings. The standard InChI is InChI=1S/C20H18O3/c1-13-6-5-9-15(10-13)20(23)19-17(21)11-16(12-18(19)22)14-7-3-2-4-8-14/h2-10,16,19H,11-12H2,1H3. The summed E-state index contributed by atoms with van der Waals surface area (Å²) in [6.07, 6.45) is 0.496. The number of benzene rings is 2. The van der Waals surface area contributed by atoms with Gasteiger partial charge in [0.1, 0.15) is 5.92 Å². The van der Waals surface area contributed by atoms with Gasteiger partial charge in [-0.1, -0.05) is 54.1 Å². The number of aryl methyl sites for hydroxylation is 1. The van der Waals surface area contributed by atoms with Crippen molar-refractivity contribution in [3.8, 4) is 0 Å². The van der Waals surface area contributed by atoms with Crippen LogP contribution in [0.15, 0.2) is 54.6 Å². The van der Waals surface area contributed by atoms with E-state index in [4.69, 9.17) is 0 Å². The Kier molecular flexibility index (Phi) is 4.20. The van der Waals surface area contributed by atoms with Crippen LogP contribution in [0.2, 0.25) is 0 Å². The average Bonchev–Trinajstić information content (AvgIpc) is 2.55. The summed E-state index contributed by atoms with van der Waals surface area (Å²) in [7, 11) is 0. The van der Waals surface area contributed by atoms with Crippen LogP contribution in [0.4, 0.5) is 0 Å². The van der Waals surface area contributed by atoms with Gasteiger partial charge in [-0.3, -0.25) is 14.4 Å². The number of ketones is 3. The summed E-state index contributed by atoms with van der Waals surface area (Å²) in [6, 6.07) is 16.6. The number of Topliss-reactive ketones (excluding diaryl/α,β-unsaturated/α-hetero) is 3. The number of rotatable bonds is 3. The number of carbonyl (C=O) groups excluding carboxylic acids is 3. The molecular formula is C20H18O3. The topological polar surface area (TPSA) is 51.2 Å². The van der Waals surface area contributed by atoms with Gasteiger partial charge in [0.25, 0.3) is 0 Å². The van der Waals surface area contributed by atoms with Gasteiger partial charge in [-0.2, -0.15) is 0 Å². The van der Waals surface area contributed by atoms with E-state index in [0.717, 1.165) is 11.1 Å². The van der Waals surface area contributed by atoms with Crippen LogP contribution in [0, 0.1) is 12.8 Å². The summed E-state index contributed by atoms with van der Waals surface area (Å²) in [5.74, 6) is -2.13. The predicted molar refractivity (Wildman–Crippen MR) is 87.4 cm³/mol. The van der Waals surface area contributed by atoms with Crippen molar-refractivity contribution in [2.75, 3.05) is 0 Å². The fourth-order valence-electron chi connectivity index (χ4n) is 3.19. The minimum Gasteiger partial charge on any atom is -0.298 e. The van der Waals surface area contributed by atoms with E-state index in [1.165, 1.54) is 0 Å². The molecule has 3 rings (SSSR count). The van der Waals surface area contributed by atoms with Gasteiger partial charge in [0.15, 0.2) is 17.3 Å². The van der Waals surface area contributed by atoms with Crippen LogP contribution in [-0.4, -0.2) is 17.3 Å². The highest BCUT2D eigenvalue weighted by Crippen LogP contribution is 2.33. The Bertz CT molecular complexity index is 743. The Morgan fingerprint density at radius 2 is 1.57 bits per heavy atom. The fraction of sp³-hybridized carbons (Fsp3) is 0.250. The number of carbonyl (C=O) groups is 3. The van der Waals surface area contributed by atoms with E-state index >= 15 is 0 Å². The molecule has 0 amide bonds. The molecule has 3 heteroatoms. The van der Waals surface area contributed by atoms with Crippen molar-refractivity contribution >= 4 is 17.3 Å². The first-order valence-electron chi connectivity index (χ1n) is 7.77. The van der Waals surface area contributed by atoms with Crippen molar-refractivity contribution in [3.63, 3.8) is 0 Å². The molecule has 0 spiro atoms. The zero-order valence-corrected chi connectivity index (χ0v) is 13.0. The van der Waals surface area contributed by atoms with Crippen LogP contribution in [0.25, 0.3) is 0 Å². The highest BCUT2D eigenvalue weighted by molar-refractivity contribution is 6.25. The van der Waals surface area contributed by atoms with Crippen LogP contribution in [0.5, 0.6) is 0 Å². The summed E-state index contributed by atoms with van der Waals surface area (Å²) < 4.78 is 0. The maximum absolute atomic E-state index is 12.6. The van der Waals surface area contributed by atoms with Crippen molar-refractivity contribution in [2.45, 2.75) is 25.7 Å². The summed E-state index contributed by atoms with van der Waals surface area (Å²) in [6.45, 7) is 1.88. The van der Waals surface area contributed by atoms with Gasteiger partial charge in [-0.25, -0.2) is 0 Å². The minimum absolute atomic E-state index is 0.113. The van der Waals surface area contributed by atoms with Gasteiger partial charge in [-0.05, 0) is 24.5 Å². The molecule has 23 heavy (non-hydrogen) atoms. The van der Waals surface area contributed by atoms with Gasteiger partial charge in [-0.15, -0.1) is 0 Å². The fourth-order valence-corrected chi connectivity index (χ4v) is 3.19. The van der Waals surface area contributed by atoms with Crippen LogP contribution in [-0.2, 0) is 9.59 Å². The second-order valence-electron chi connectivity index (χ2n) is 6.12. The van der Waals surface area contributed by atoms with Gasteiger partial charge in [0.2, 0.25) is 0 Å². The normalized spacial score (nSPS) is 21.3. The largest absolute Gasteiger partial charge is 0.298 e. The second kappa shape index (κ2) is 6.29. The van der Waals surface area contributed by atoms with E-state index in [1.807, 2.05) is 43.3 Å². The Morgan fingerprint density at radius 1 is 0.913 bits per heavy atom. The monoisotopic (exact) mass is 306 g/mol. The SMILES string of the molecule is Cc1cccc(C(=O)C2C(=O)CC(c3ccccc3)CC2=O)c1. The molecule has 1 fully saturated rings. The molecule has 0 aliphatic heterocycles. The van der Waals surface area contributed by atoms with Crippen LogP contribution >= 0.6 is 0 Å². The zero-order valence-electron chi connectivity index (χ0n) is 13.0. The summed E-state index contributed by atoms with van der Waals surface area (Å²) in [5.41, 5.74) is 2.36. The van der Waals surface area contributed by atoms with Crippen molar-refractivity contribution in [1.29, 1.82) is 0 Å². The second-order valence-corrected chi connectivity index (χ2v) is 6.12. The Hall–Kier alpha value is -2.55.